The molecule has 1 fully saturated rings. The standard InChI is InChI=1S/C29H27FN6O2/c1-17-4-7-22(35-28(38)19-8-9-32-25(11-19)29(2,3)30)12-23(17)20-10-21(15-31-14-20)24-13-26(34-16-33-24)36-27(37)18-5-6-18/h4,7-16,18H,5-6H2,1-3H3,(H,35,38)(H,33,34,36,37). The molecule has 0 aliphatic heterocycles. The molecule has 1 aromatic carbocycles. The van der Waals surface area contributed by atoms with Crippen LogP contribution >= 0.6 is 0 Å². The Kier molecular flexibility index (Phi) is 6.67. The van der Waals surface area contributed by atoms with Crippen LogP contribution < -0.4 is 10.6 Å². The molecule has 1 saturated carbocycles. The van der Waals surface area contributed by atoms with Gasteiger partial charge in [-0.05, 0) is 75.1 Å². The first-order valence-corrected chi connectivity index (χ1v) is 12.3. The van der Waals surface area contributed by atoms with Gasteiger partial charge in [0.15, 0.2) is 0 Å². The summed E-state index contributed by atoms with van der Waals surface area (Å²) in [7, 11) is 0. The maximum Gasteiger partial charge on any atom is 0.255 e. The van der Waals surface area contributed by atoms with Crippen molar-refractivity contribution in [3.05, 3.63) is 84.2 Å². The van der Waals surface area contributed by atoms with Crippen LogP contribution in [-0.2, 0) is 10.5 Å². The second kappa shape index (κ2) is 10.1. The van der Waals surface area contributed by atoms with Crippen molar-refractivity contribution in [3.8, 4) is 22.4 Å². The third-order valence-electron chi connectivity index (χ3n) is 6.34. The molecule has 38 heavy (non-hydrogen) atoms. The molecular formula is C29H27FN6O2. The summed E-state index contributed by atoms with van der Waals surface area (Å²) in [5.41, 5.74) is 3.55. The zero-order valence-corrected chi connectivity index (χ0v) is 21.3. The third kappa shape index (κ3) is 5.72. The molecule has 0 saturated heterocycles. The van der Waals surface area contributed by atoms with Gasteiger partial charge in [-0.25, -0.2) is 14.4 Å². The van der Waals surface area contributed by atoms with E-state index in [1.54, 1.807) is 24.5 Å². The smallest absolute Gasteiger partial charge is 0.255 e. The van der Waals surface area contributed by atoms with Crippen LogP contribution in [0.5, 0.6) is 0 Å². The van der Waals surface area contributed by atoms with Gasteiger partial charge in [0.25, 0.3) is 5.91 Å². The number of hydrogen-bond donors (Lipinski definition) is 2. The molecule has 3 heterocycles. The molecule has 1 aliphatic carbocycles. The fourth-order valence-corrected chi connectivity index (χ4v) is 4.00. The highest BCUT2D eigenvalue weighted by molar-refractivity contribution is 6.04. The van der Waals surface area contributed by atoms with Crippen LogP contribution in [0.1, 0.15) is 48.3 Å². The number of rotatable bonds is 7. The number of pyridine rings is 2. The summed E-state index contributed by atoms with van der Waals surface area (Å²) in [6, 6.07) is 12.3. The van der Waals surface area contributed by atoms with E-state index in [2.05, 4.69) is 30.6 Å². The molecule has 5 rings (SSSR count). The zero-order valence-electron chi connectivity index (χ0n) is 21.3. The highest BCUT2D eigenvalue weighted by Gasteiger charge is 2.29. The molecule has 0 radical (unpaired) electrons. The van der Waals surface area contributed by atoms with Crippen molar-refractivity contribution in [2.75, 3.05) is 10.6 Å². The molecule has 9 heteroatoms. The normalized spacial score (nSPS) is 13.2. The Bertz CT molecular complexity index is 1530. The lowest BCUT2D eigenvalue weighted by Crippen LogP contribution is -2.16. The van der Waals surface area contributed by atoms with Crippen molar-refractivity contribution < 1.29 is 14.0 Å². The van der Waals surface area contributed by atoms with Crippen molar-refractivity contribution in [3.63, 3.8) is 0 Å². The number of anilines is 2. The second-order valence-corrected chi connectivity index (χ2v) is 9.90. The molecule has 0 bridgehead atoms. The van der Waals surface area contributed by atoms with Gasteiger partial charge in [0.05, 0.1) is 11.4 Å². The average Bonchev–Trinajstić information content (AvgIpc) is 3.75. The van der Waals surface area contributed by atoms with Gasteiger partial charge >= 0.3 is 0 Å². The number of carbonyl (C=O) groups excluding carboxylic acids is 2. The van der Waals surface area contributed by atoms with E-state index in [1.165, 1.54) is 32.4 Å². The molecule has 2 amide bonds. The van der Waals surface area contributed by atoms with Crippen LogP contribution in [0.3, 0.4) is 0 Å². The fraction of sp³-hybridized carbons (Fsp3) is 0.241. The second-order valence-electron chi connectivity index (χ2n) is 9.90. The maximum absolute atomic E-state index is 14.3. The monoisotopic (exact) mass is 510 g/mol. The van der Waals surface area contributed by atoms with Crippen LogP contribution in [0.15, 0.2) is 67.4 Å². The van der Waals surface area contributed by atoms with Crippen LogP contribution in [0.2, 0.25) is 0 Å². The minimum atomic E-state index is -1.65. The van der Waals surface area contributed by atoms with Gasteiger partial charge in [0.2, 0.25) is 5.91 Å². The quantitative estimate of drug-likeness (QED) is 0.329. The first-order chi connectivity index (χ1) is 18.2. The summed E-state index contributed by atoms with van der Waals surface area (Å²) in [5.74, 6) is 0.146. The van der Waals surface area contributed by atoms with E-state index in [0.29, 0.717) is 22.8 Å². The number of nitrogens with zero attached hydrogens (tertiary/aromatic N) is 4. The zero-order chi connectivity index (χ0) is 26.9. The van der Waals surface area contributed by atoms with E-state index in [-0.39, 0.29) is 23.4 Å². The number of alkyl halides is 1. The van der Waals surface area contributed by atoms with Crippen molar-refractivity contribution in [2.24, 2.45) is 5.92 Å². The van der Waals surface area contributed by atoms with E-state index in [0.717, 1.165) is 35.1 Å². The SMILES string of the molecule is Cc1ccc(NC(=O)c2ccnc(C(C)(C)F)c2)cc1-c1cncc(-c2cc(NC(=O)C3CC3)ncn2)c1. The highest BCUT2D eigenvalue weighted by atomic mass is 19.1. The molecule has 2 N–H and O–H groups in total. The Morgan fingerprint density at radius 2 is 1.74 bits per heavy atom. The molecule has 0 unspecified atom stereocenters. The number of carbonyl (C=O) groups is 2. The van der Waals surface area contributed by atoms with Crippen molar-refractivity contribution in [2.45, 2.75) is 39.3 Å². The lowest BCUT2D eigenvalue weighted by molar-refractivity contribution is -0.117. The summed E-state index contributed by atoms with van der Waals surface area (Å²) < 4.78 is 14.3. The van der Waals surface area contributed by atoms with Gasteiger partial charge in [-0.3, -0.25) is 19.6 Å². The topological polar surface area (TPSA) is 110 Å². The van der Waals surface area contributed by atoms with Crippen LogP contribution in [0.25, 0.3) is 22.4 Å². The maximum atomic E-state index is 14.3. The molecule has 3 aromatic heterocycles. The lowest BCUT2D eigenvalue weighted by Gasteiger charge is -2.15. The summed E-state index contributed by atoms with van der Waals surface area (Å²) >= 11 is 0. The predicted octanol–water partition coefficient (Wildman–Crippen LogP) is 5.71. The minimum Gasteiger partial charge on any atom is -0.322 e. The van der Waals surface area contributed by atoms with E-state index >= 15 is 0 Å². The first-order valence-electron chi connectivity index (χ1n) is 12.3. The largest absolute Gasteiger partial charge is 0.322 e. The average molecular weight is 511 g/mol. The summed E-state index contributed by atoms with van der Waals surface area (Å²) in [6.45, 7) is 4.78. The Balaban J connectivity index is 1.38. The molecule has 192 valence electrons. The van der Waals surface area contributed by atoms with Gasteiger partial charge in [-0.15, -0.1) is 0 Å². The predicted molar refractivity (Wildman–Crippen MR) is 143 cm³/mol. The van der Waals surface area contributed by atoms with Crippen molar-refractivity contribution in [1.29, 1.82) is 0 Å². The van der Waals surface area contributed by atoms with E-state index in [4.69, 9.17) is 0 Å². The highest BCUT2D eigenvalue weighted by Crippen LogP contribution is 2.32. The van der Waals surface area contributed by atoms with E-state index in [9.17, 15) is 14.0 Å². The number of aromatic nitrogens is 4. The van der Waals surface area contributed by atoms with Crippen LogP contribution in [-0.4, -0.2) is 31.8 Å². The van der Waals surface area contributed by atoms with E-state index < -0.39 is 5.67 Å². The number of hydrogen-bond acceptors (Lipinski definition) is 6. The summed E-state index contributed by atoms with van der Waals surface area (Å²) in [5, 5.41) is 5.73. The van der Waals surface area contributed by atoms with Gasteiger partial charge < -0.3 is 10.6 Å². The molecule has 1 aliphatic rings. The molecule has 8 nitrogen and oxygen atoms in total. The van der Waals surface area contributed by atoms with Gasteiger partial charge in [-0.2, -0.15) is 0 Å². The first kappa shape index (κ1) is 25.1. The van der Waals surface area contributed by atoms with Crippen molar-refractivity contribution in [1.82, 2.24) is 19.9 Å². The lowest BCUT2D eigenvalue weighted by atomic mass is 9.99. The van der Waals surface area contributed by atoms with Gasteiger partial charge in [0, 0.05) is 53.0 Å². The van der Waals surface area contributed by atoms with Gasteiger partial charge in [0.1, 0.15) is 17.8 Å². The fourth-order valence-electron chi connectivity index (χ4n) is 4.00. The Hall–Kier alpha value is -4.53. The minimum absolute atomic E-state index is 0.0209. The molecular weight excluding hydrogens is 483 g/mol. The Labute approximate surface area is 219 Å². The summed E-state index contributed by atoms with van der Waals surface area (Å²) in [4.78, 5) is 42.0. The van der Waals surface area contributed by atoms with Crippen molar-refractivity contribution >= 4 is 23.3 Å². The molecule has 0 atom stereocenters. The Morgan fingerprint density at radius 1 is 0.947 bits per heavy atom. The number of nitrogens with one attached hydrogen (secondary N) is 2. The van der Waals surface area contributed by atoms with Gasteiger partial charge in [-0.1, -0.05) is 6.07 Å². The molecule has 4 aromatic rings. The number of aryl methyl sites for hydroxylation is 1. The van der Waals surface area contributed by atoms with E-state index in [1.807, 2.05) is 31.2 Å². The number of amides is 2. The summed E-state index contributed by atoms with van der Waals surface area (Å²) in [6.07, 6.45) is 8.11. The number of benzene rings is 1. The Morgan fingerprint density at radius 3 is 2.50 bits per heavy atom. The molecule has 0 spiro atoms. The van der Waals surface area contributed by atoms with Crippen LogP contribution in [0, 0.1) is 12.8 Å². The third-order valence-corrected chi connectivity index (χ3v) is 6.34. The number of halogens is 1. The van der Waals surface area contributed by atoms with Crippen LogP contribution in [0.4, 0.5) is 15.9 Å².